The third-order valence-electron chi connectivity index (χ3n) is 3.67. The molecular weight excluding hydrogens is 283 g/mol. The molecule has 0 radical (unpaired) electrons. The fourth-order valence-corrected chi connectivity index (χ4v) is 2.88. The third-order valence-corrected chi connectivity index (χ3v) is 3.67. The minimum absolute atomic E-state index is 0.0168. The van der Waals surface area contributed by atoms with Gasteiger partial charge in [-0.2, -0.15) is 13.2 Å². The maximum atomic E-state index is 13.1. The van der Waals surface area contributed by atoms with Crippen molar-refractivity contribution in [2.45, 2.75) is 38.4 Å². The lowest BCUT2D eigenvalue weighted by Crippen LogP contribution is -2.40. The number of carbonyl (C=O) groups is 1. The summed E-state index contributed by atoms with van der Waals surface area (Å²) in [6.45, 7) is 3.35. The zero-order valence-electron chi connectivity index (χ0n) is 11.6. The lowest BCUT2D eigenvalue weighted by molar-refractivity contribution is -0.299. The van der Waals surface area contributed by atoms with Crippen LogP contribution in [0.15, 0.2) is 35.5 Å². The highest BCUT2D eigenvalue weighted by atomic mass is 19.4. The molecule has 0 aromatic heterocycles. The van der Waals surface area contributed by atoms with E-state index in [2.05, 4.69) is 5.32 Å². The molecule has 1 heterocycles. The van der Waals surface area contributed by atoms with Crippen LogP contribution in [0.5, 0.6) is 0 Å². The first-order chi connectivity index (χ1) is 9.71. The molecule has 0 aliphatic carbocycles. The quantitative estimate of drug-likeness (QED) is 0.910. The second kappa shape index (κ2) is 5.42. The first-order valence-electron chi connectivity index (χ1n) is 6.56. The van der Waals surface area contributed by atoms with E-state index in [1.54, 1.807) is 13.8 Å². The molecule has 2 atom stereocenters. The van der Waals surface area contributed by atoms with Crippen molar-refractivity contribution in [2.75, 3.05) is 0 Å². The fraction of sp³-hybridized carbons (Fsp3) is 0.400. The molecule has 0 amide bonds. The van der Waals surface area contributed by atoms with Crippen molar-refractivity contribution < 1.29 is 23.1 Å². The zero-order chi connectivity index (χ0) is 15.8. The van der Waals surface area contributed by atoms with Crippen LogP contribution in [0.1, 0.15) is 37.3 Å². The van der Waals surface area contributed by atoms with Crippen LogP contribution >= 0.6 is 0 Å². The van der Waals surface area contributed by atoms with Gasteiger partial charge in [0.05, 0.1) is 11.5 Å². The van der Waals surface area contributed by atoms with E-state index in [9.17, 15) is 23.1 Å². The molecule has 3 nitrogen and oxygen atoms in total. The highest BCUT2D eigenvalue weighted by Gasteiger charge is 2.37. The summed E-state index contributed by atoms with van der Waals surface area (Å²) in [4.78, 5) is 11.3. The average molecular weight is 298 g/mol. The summed E-state index contributed by atoms with van der Waals surface area (Å²) in [5.41, 5.74) is -0.562. The number of rotatable bonds is 2. The van der Waals surface area contributed by atoms with Crippen molar-refractivity contribution in [3.05, 3.63) is 46.7 Å². The van der Waals surface area contributed by atoms with Gasteiger partial charge in [-0.25, -0.2) is 0 Å². The highest BCUT2D eigenvalue weighted by molar-refractivity contribution is 5.88. The maximum Gasteiger partial charge on any atom is 0.416 e. The maximum absolute atomic E-state index is 13.1. The van der Waals surface area contributed by atoms with Gasteiger partial charge in [-0.1, -0.05) is 18.2 Å². The molecule has 114 valence electrons. The van der Waals surface area contributed by atoms with E-state index in [0.29, 0.717) is 5.70 Å². The minimum atomic E-state index is -4.52. The molecule has 1 aliphatic heterocycles. The van der Waals surface area contributed by atoms with Crippen molar-refractivity contribution in [2.24, 2.45) is 0 Å². The number of hydrogen-bond acceptors (Lipinski definition) is 3. The summed E-state index contributed by atoms with van der Waals surface area (Å²) >= 11 is 0. The van der Waals surface area contributed by atoms with Gasteiger partial charge in [-0.05, 0) is 31.9 Å². The molecular formula is C15H15F3NO2-. The summed E-state index contributed by atoms with van der Waals surface area (Å²) in [7, 11) is 0. The topological polar surface area (TPSA) is 52.2 Å². The molecule has 1 aromatic rings. The minimum Gasteiger partial charge on any atom is -0.545 e. The Balaban J connectivity index is 2.59. The van der Waals surface area contributed by atoms with Crippen molar-refractivity contribution in [3.8, 4) is 0 Å². The number of hydrogen-bond donors (Lipinski definition) is 1. The van der Waals surface area contributed by atoms with Crippen molar-refractivity contribution in [1.82, 2.24) is 5.32 Å². The molecule has 0 saturated carbocycles. The van der Waals surface area contributed by atoms with Crippen LogP contribution in [-0.2, 0) is 11.0 Å². The Bertz CT molecular complexity index is 593. The summed E-state index contributed by atoms with van der Waals surface area (Å²) in [5, 5.41) is 14.3. The van der Waals surface area contributed by atoms with Gasteiger partial charge >= 0.3 is 6.18 Å². The Kier molecular flexibility index (Phi) is 3.98. The Hall–Kier alpha value is -1.98. The molecule has 21 heavy (non-hydrogen) atoms. The van der Waals surface area contributed by atoms with Gasteiger partial charge in [0.2, 0.25) is 0 Å². The van der Waals surface area contributed by atoms with Gasteiger partial charge in [-0.3, -0.25) is 0 Å². The SMILES string of the molecule is CC1=C(C(=O)[O-])C(c2ccccc2C(F)(F)F)CC(C)N1. The van der Waals surface area contributed by atoms with Gasteiger partial charge in [0.15, 0.2) is 0 Å². The molecule has 0 spiro atoms. The molecule has 2 rings (SSSR count). The van der Waals surface area contributed by atoms with Gasteiger partial charge in [0.25, 0.3) is 0 Å². The van der Waals surface area contributed by atoms with Crippen molar-refractivity contribution in [1.29, 1.82) is 0 Å². The highest BCUT2D eigenvalue weighted by Crippen LogP contribution is 2.41. The predicted molar refractivity (Wildman–Crippen MR) is 69.1 cm³/mol. The Labute approximate surface area is 120 Å². The number of carboxylic acids is 1. The van der Waals surface area contributed by atoms with Crippen LogP contribution in [-0.4, -0.2) is 12.0 Å². The number of carbonyl (C=O) groups excluding carboxylic acids is 1. The van der Waals surface area contributed by atoms with Crippen LogP contribution in [0, 0.1) is 0 Å². The van der Waals surface area contributed by atoms with Crippen LogP contribution in [0.2, 0.25) is 0 Å². The van der Waals surface area contributed by atoms with Crippen LogP contribution in [0.4, 0.5) is 13.2 Å². The molecule has 0 bridgehead atoms. The average Bonchev–Trinajstić information content (AvgIpc) is 2.36. The molecule has 1 aromatic carbocycles. The van der Waals surface area contributed by atoms with Crippen molar-refractivity contribution >= 4 is 5.97 Å². The first-order valence-corrected chi connectivity index (χ1v) is 6.56. The van der Waals surface area contributed by atoms with Crippen LogP contribution < -0.4 is 10.4 Å². The van der Waals surface area contributed by atoms with E-state index in [4.69, 9.17) is 0 Å². The molecule has 1 N–H and O–H groups in total. The number of nitrogens with one attached hydrogen (secondary N) is 1. The standard InChI is InChI=1S/C15H16F3NO2/c1-8-7-11(13(14(20)21)9(2)19-8)10-5-3-4-6-12(10)15(16,17)18/h3-6,8,11,19H,7H2,1-2H3,(H,20,21)/p-1. The third kappa shape index (κ3) is 3.04. The first kappa shape index (κ1) is 15.4. The lowest BCUT2D eigenvalue weighted by Gasteiger charge is -2.34. The lowest BCUT2D eigenvalue weighted by atomic mass is 9.80. The smallest absolute Gasteiger partial charge is 0.416 e. The summed E-state index contributed by atoms with van der Waals surface area (Å²) in [6, 6.07) is 4.98. The number of benzene rings is 1. The number of aliphatic carboxylic acids is 1. The number of halogens is 3. The molecule has 2 unspecified atom stereocenters. The van der Waals surface area contributed by atoms with E-state index in [1.165, 1.54) is 18.2 Å². The Morgan fingerprint density at radius 2 is 1.95 bits per heavy atom. The predicted octanol–water partition coefficient (Wildman–Crippen LogP) is 2.19. The number of allylic oxidation sites excluding steroid dienone is 1. The number of alkyl halides is 3. The Morgan fingerprint density at radius 1 is 1.33 bits per heavy atom. The van der Waals surface area contributed by atoms with E-state index >= 15 is 0 Å². The van der Waals surface area contributed by atoms with Gasteiger partial charge in [0, 0.05) is 23.2 Å². The molecule has 0 fully saturated rings. The molecule has 0 saturated heterocycles. The van der Waals surface area contributed by atoms with E-state index in [-0.39, 0.29) is 23.6 Å². The molecule has 6 heteroatoms. The summed E-state index contributed by atoms with van der Waals surface area (Å²) in [5.74, 6) is -2.27. The number of carboxylic acid groups (broad SMARTS) is 1. The Morgan fingerprint density at radius 3 is 2.52 bits per heavy atom. The largest absolute Gasteiger partial charge is 0.545 e. The molecule has 1 aliphatic rings. The second-order valence-electron chi connectivity index (χ2n) is 5.24. The fourth-order valence-electron chi connectivity index (χ4n) is 2.88. The van der Waals surface area contributed by atoms with E-state index < -0.39 is 23.6 Å². The summed E-state index contributed by atoms with van der Waals surface area (Å²) in [6.07, 6.45) is -4.25. The van der Waals surface area contributed by atoms with Gasteiger partial charge in [-0.15, -0.1) is 0 Å². The monoisotopic (exact) mass is 298 g/mol. The van der Waals surface area contributed by atoms with E-state index in [1.807, 2.05) is 0 Å². The van der Waals surface area contributed by atoms with Crippen LogP contribution in [0.3, 0.4) is 0 Å². The van der Waals surface area contributed by atoms with E-state index in [0.717, 1.165) is 6.07 Å². The summed E-state index contributed by atoms with van der Waals surface area (Å²) < 4.78 is 39.4. The normalized spacial score (nSPS) is 22.9. The van der Waals surface area contributed by atoms with Crippen LogP contribution in [0.25, 0.3) is 0 Å². The second-order valence-corrected chi connectivity index (χ2v) is 5.24. The zero-order valence-corrected chi connectivity index (χ0v) is 11.6. The van der Waals surface area contributed by atoms with Gasteiger partial charge < -0.3 is 15.2 Å². The van der Waals surface area contributed by atoms with Crippen molar-refractivity contribution in [3.63, 3.8) is 0 Å². The van der Waals surface area contributed by atoms with Gasteiger partial charge in [0.1, 0.15) is 0 Å².